The molecule has 2 heterocycles. The summed E-state index contributed by atoms with van der Waals surface area (Å²) in [6.07, 6.45) is 5.68. The zero-order valence-electron chi connectivity index (χ0n) is 18.8. The molecule has 1 aliphatic heterocycles. The molecule has 2 aromatic carbocycles. The number of β-amino-alcohol motifs (C(OH)–C–C–N with tert-alkyl or cyclic N) is 1. The molecule has 1 aromatic heterocycles. The van der Waals surface area contributed by atoms with Gasteiger partial charge in [0.05, 0.1) is 5.39 Å². The van der Waals surface area contributed by atoms with E-state index in [1.54, 1.807) is 18.2 Å². The molecule has 4 rings (SSSR count). The highest BCUT2D eigenvalue weighted by molar-refractivity contribution is 5.79. The zero-order valence-corrected chi connectivity index (χ0v) is 18.8. The Balaban J connectivity index is 1.41. The quantitative estimate of drug-likeness (QED) is 0.572. The van der Waals surface area contributed by atoms with Crippen molar-refractivity contribution in [3.63, 3.8) is 0 Å². The van der Waals surface area contributed by atoms with Crippen LogP contribution in [0.4, 0.5) is 0 Å². The Hall–Kier alpha value is -2.83. The van der Waals surface area contributed by atoms with Gasteiger partial charge < -0.3 is 23.9 Å². The van der Waals surface area contributed by atoms with Gasteiger partial charge in [-0.05, 0) is 75.2 Å². The van der Waals surface area contributed by atoms with Crippen LogP contribution in [0.15, 0.2) is 51.9 Å². The van der Waals surface area contributed by atoms with Crippen molar-refractivity contribution in [3.8, 4) is 17.2 Å². The number of aliphatic hydroxyl groups is 1. The van der Waals surface area contributed by atoms with Crippen molar-refractivity contribution >= 4 is 11.0 Å². The lowest BCUT2D eigenvalue weighted by molar-refractivity contribution is 0.0694. The molecule has 1 saturated heterocycles. The van der Waals surface area contributed by atoms with Crippen molar-refractivity contribution < 1.29 is 19.0 Å². The molecule has 0 spiro atoms. The number of nitrogens with zero attached hydrogens (tertiary/aromatic N) is 1. The first-order valence-corrected chi connectivity index (χ1v) is 11.3. The van der Waals surface area contributed by atoms with E-state index in [4.69, 9.17) is 13.9 Å². The van der Waals surface area contributed by atoms with Gasteiger partial charge >= 0.3 is 0 Å². The van der Waals surface area contributed by atoms with Crippen molar-refractivity contribution in [2.24, 2.45) is 0 Å². The van der Waals surface area contributed by atoms with Gasteiger partial charge in [0.25, 0.3) is 0 Å². The summed E-state index contributed by atoms with van der Waals surface area (Å²) in [6, 6.07) is 10.9. The molecular formula is C26H31NO5. The third-order valence-electron chi connectivity index (χ3n) is 5.75. The number of fused-ring (bicyclic) bond motifs is 1. The molecule has 0 saturated carbocycles. The summed E-state index contributed by atoms with van der Waals surface area (Å²) in [5.74, 6) is 1.30. The molecule has 170 valence electrons. The maximum atomic E-state index is 12.9. The normalized spacial score (nSPS) is 16.0. The summed E-state index contributed by atoms with van der Waals surface area (Å²) in [6.45, 7) is 6.83. The van der Waals surface area contributed by atoms with E-state index in [1.807, 2.05) is 32.0 Å². The Morgan fingerprint density at radius 2 is 1.72 bits per heavy atom. The Labute approximate surface area is 188 Å². The number of aliphatic hydroxyl groups excluding tert-OH is 1. The summed E-state index contributed by atoms with van der Waals surface area (Å²) in [5.41, 5.74) is 2.30. The molecule has 1 N–H and O–H groups in total. The molecule has 1 fully saturated rings. The van der Waals surface area contributed by atoms with Gasteiger partial charge in [0.1, 0.15) is 36.1 Å². The van der Waals surface area contributed by atoms with Crippen LogP contribution in [0.1, 0.15) is 36.8 Å². The first-order chi connectivity index (χ1) is 15.5. The number of hydrogen-bond acceptors (Lipinski definition) is 6. The molecule has 1 atom stereocenters. The lowest BCUT2D eigenvalue weighted by Crippen LogP contribution is -2.36. The lowest BCUT2D eigenvalue weighted by Gasteiger charge is -2.23. The monoisotopic (exact) mass is 437 g/mol. The second-order valence-electron chi connectivity index (χ2n) is 8.69. The molecule has 3 aromatic rings. The van der Waals surface area contributed by atoms with Crippen LogP contribution in [0.25, 0.3) is 11.0 Å². The molecular weight excluding hydrogens is 406 g/mol. The van der Waals surface area contributed by atoms with Crippen LogP contribution in [0.2, 0.25) is 0 Å². The van der Waals surface area contributed by atoms with Gasteiger partial charge in [-0.2, -0.15) is 0 Å². The van der Waals surface area contributed by atoms with Crippen molar-refractivity contribution in [1.82, 2.24) is 4.90 Å². The third-order valence-corrected chi connectivity index (χ3v) is 5.75. The molecule has 32 heavy (non-hydrogen) atoms. The smallest absolute Gasteiger partial charge is 0.235 e. The van der Waals surface area contributed by atoms with Crippen LogP contribution in [0.5, 0.6) is 17.2 Å². The van der Waals surface area contributed by atoms with Crippen LogP contribution < -0.4 is 14.9 Å². The first kappa shape index (κ1) is 22.4. The summed E-state index contributed by atoms with van der Waals surface area (Å²) >= 11 is 0. The second-order valence-corrected chi connectivity index (χ2v) is 8.69. The number of likely N-dealkylation sites (tertiary alicyclic amines) is 1. The lowest BCUT2D eigenvalue weighted by atomic mass is 10.1. The van der Waals surface area contributed by atoms with E-state index in [2.05, 4.69) is 4.90 Å². The van der Waals surface area contributed by atoms with E-state index in [-0.39, 0.29) is 17.8 Å². The van der Waals surface area contributed by atoms with Crippen LogP contribution in [0.3, 0.4) is 0 Å². The summed E-state index contributed by atoms with van der Waals surface area (Å²) in [5, 5.41) is 10.8. The van der Waals surface area contributed by atoms with Crippen molar-refractivity contribution in [3.05, 3.63) is 64.0 Å². The Kier molecular flexibility index (Phi) is 7.12. The average molecular weight is 438 g/mol. The standard InChI is InChI=1S/C26H31NO5/c1-18-11-19(2)13-22(12-18)32-25-17-31-24-14-21(7-8-23(24)26(25)29)30-16-20(28)15-27-9-5-3-4-6-10-27/h7-8,11-14,17,20,28H,3-6,9-10,15-16H2,1-2H3/t20-/m1/s1. The maximum Gasteiger partial charge on any atom is 0.235 e. The minimum absolute atomic E-state index is 0.143. The van der Waals surface area contributed by atoms with Gasteiger partial charge in [0.15, 0.2) is 0 Å². The highest BCUT2D eigenvalue weighted by Crippen LogP contribution is 2.25. The molecule has 0 aliphatic carbocycles. The highest BCUT2D eigenvalue weighted by Gasteiger charge is 2.15. The molecule has 0 unspecified atom stereocenters. The fourth-order valence-electron chi connectivity index (χ4n) is 4.23. The summed E-state index contributed by atoms with van der Waals surface area (Å²) in [4.78, 5) is 15.2. The van der Waals surface area contributed by atoms with Gasteiger partial charge in [0, 0.05) is 12.6 Å². The van der Waals surface area contributed by atoms with E-state index >= 15 is 0 Å². The summed E-state index contributed by atoms with van der Waals surface area (Å²) in [7, 11) is 0. The van der Waals surface area contributed by atoms with Gasteiger partial charge in [-0.1, -0.05) is 18.9 Å². The fourth-order valence-corrected chi connectivity index (χ4v) is 4.23. The van der Waals surface area contributed by atoms with E-state index in [0.29, 0.717) is 29.0 Å². The molecule has 6 nitrogen and oxygen atoms in total. The topological polar surface area (TPSA) is 72.1 Å². The molecule has 0 amide bonds. The van der Waals surface area contributed by atoms with Gasteiger partial charge in [-0.25, -0.2) is 0 Å². The molecule has 6 heteroatoms. The van der Waals surface area contributed by atoms with Crippen molar-refractivity contribution in [2.45, 2.75) is 45.6 Å². The number of aryl methyl sites for hydroxylation is 2. The van der Waals surface area contributed by atoms with E-state index in [1.165, 1.54) is 31.9 Å². The minimum atomic E-state index is -0.565. The Bertz CT molecular complexity index is 1090. The molecule has 0 bridgehead atoms. The predicted octanol–water partition coefficient (Wildman–Crippen LogP) is 4.82. The van der Waals surface area contributed by atoms with Gasteiger partial charge in [0.2, 0.25) is 11.2 Å². The number of benzene rings is 2. The number of ether oxygens (including phenoxy) is 2. The van der Waals surface area contributed by atoms with Gasteiger partial charge in [-0.3, -0.25) is 4.79 Å². The summed E-state index contributed by atoms with van der Waals surface area (Å²) < 4.78 is 17.2. The van der Waals surface area contributed by atoms with E-state index in [9.17, 15) is 9.90 Å². The molecule has 1 aliphatic rings. The third kappa shape index (κ3) is 5.69. The Morgan fingerprint density at radius 1 is 1.00 bits per heavy atom. The highest BCUT2D eigenvalue weighted by atomic mass is 16.5. The largest absolute Gasteiger partial charge is 0.491 e. The maximum absolute atomic E-state index is 12.9. The van der Waals surface area contributed by atoms with E-state index < -0.39 is 6.10 Å². The van der Waals surface area contributed by atoms with Crippen LogP contribution in [0, 0.1) is 13.8 Å². The average Bonchev–Trinajstić information content (AvgIpc) is 3.02. The SMILES string of the molecule is Cc1cc(C)cc(Oc2coc3cc(OC[C@H](O)CN4CCCCCC4)ccc3c2=O)c1. The number of rotatable bonds is 7. The molecule has 0 radical (unpaired) electrons. The fraction of sp³-hybridized carbons (Fsp3) is 0.423. The minimum Gasteiger partial charge on any atom is -0.491 e. The zero-order chi connectivity index (χ0) is 22.5. The van der Waals surface area contributed by atoms with Crippen LogP contribution in [-0.2, 0) is 0 Å². The number of hydrogen-bond donors (Lipinski definition) is 1. The van der Waals surface area contributed by atoms with E-state index in [0.717, 1.165) is 24.2 Å². The van der Waals surface area contributed by atoms with Crippen molar-refractivity contribution in [2.75, 3.05) is 26.2 Å². The first-order valence-electron chi connectivity index (χ1n) is 11.3. The van der Waals surface area contributed by atoms with Crippen LogP contribution in [-0.4, -0.2) is 42.4 Å². The van der Waals surface area contributed by atoms with Crippen LogP contribution >= 0.6 is 0 Å². The van der Waals surface area contributed by atoms with Gasteiger partial charge in [-0.15, -0.1) is 0 Å². The Morgan fingerprint density at radius 3 is 2.44 bits per heavy atom. The second kappa shape index (κ2) is 10.2. The van der Waals surface area contributed by atoms with Crippen molar-refractivity contribution in [1.29, 1.82) is 0 Å². The predicted molar refractivity (Wildman–Crippen MR) is 125 cm³/mol.